The fourth-order valence-corrected chi connectivity index (χ4v) is 2.09. The lowest BCUT2D eigenvalue weighted by molar-refractivity contribution is -0.143. The number of alkyl halides is 6. The van der Waals surface area contributed by atoms with E-state index in [1.54, 1.807) is 5.32 Å². The van der Waals surface area contributed by atoms with Gasteiger partial charge in [-0.25, -0.2) is 0 Å². The number of anilines is 1. The Morgan fingerprint density at radius 1 is 1.14 bits per heavy atom. The van der Waals surface area contributed by atoms with Gasteiger partial charge in [0, 0.05) is 5.69 Å². The van der Waals surface area contributed by atoms with Crippen LogP contribution in [0.2, 0.25) is 0 Å². The highest BCUT2D eigenvalue weighted by atomic mass is 19.4. The predicted molar refractivity (Wildman–Crippen MR) is 81.5 cm³/mol. The molecule has 1 aromatic carbocycles. The number of hydrogen-bond donors (Lipinski definition) is 2. The maximum atomic E-state index is 12.9. The van der Waals surface area contributed by atoms with Crippen LogP contribution in [0, 0.1) is 18.3 Å². The van der Waals surface area contributed by atoms with Gasteiger partial charge < -0.3 is 14.9 Å². The quantitative estimate of drug-likeness (QED) is 0.340. The molecular weight excluding hydrogens is 396 g/mol. The maximum absolute atomic E-state index is 12.9. The molecule has 148 valence electrons. The fourth-order valence-electron chi connectivity index (χ4n) is 2.09. The number of nitriles is 1. The minimum absolute atomic E-state index is 0.0245. The second-order valence-electron chi connectivity index (χ2n) is 5.38. The van der Waals surface area contributed by atoms with E-state index in [2.05, 4.69) is 9.68 Å². The second kappa shape index (κ2) is 7.26. The van der Waals surface area contributed by atoms with Crippen molar-refractivity contribution in [3.63, 3.8) is 0 Å². The zero-order valence-corrected chi connectivity index (χ0v) is 13.7. The Labute approximate surface area is 152 Å². The van der Waals surface area contributed by atoms with Crippen LogP contribution in [0.3, 0.4) is 0 Å². The zero-order chi connectivity index (χ0) is 21.3. The van der Waals surface area contributed by atoms with Gasteiger partial charge in [-0.3, -0.25) is 4.79 Å². The summed E-state index contributed by atoms with van der Waals surface area (Å²) in [7, 11) is 0. The lowest BCUT2D eigenvalue weighted by atomic mass is 10.1. The number of carbonyl (C=O) groups excluding carboxylic acids is 1. The van der Waals surface area contributed by atoms with Crippen molar-refractivity contribution in [1.29, 1.82) is 5.26 Å². The first-order valence-electron chi connectivity index (χ1n) is 7.20. The van der Waals surface area contributed by atoms with Crippen LogP contribution in [0.5, 0.6) is 0 Å². The van der Waals surface area contributed by atoms with E-state index in [1.165, 1.54) is 13.0 Å². The van der Waals surface area contributed by atoms with Crippen molar-refractivity contribution in [3.05, 3.63) is 52.4 Å². The Bertz CT molecular complexity index is 950. The van der Waals surface area contributed by atoms with Crippen LogP contribution in [0.4, 0.5) is 32.0 Å². The molecule has 0 aliphatic rings. The standard InChI is InChI=1S/C16H9F6N3O3/c1-7-12(6-24-28-7)13(26)11(5-23)14(27)25-10-3-8(15(17,18)19)2-9(4-10)16(20,21)22/h2-4,6,26H,1H3,(H,25,27). The topological polar surface area (TPSA) is 99.2 Å². The number of amides is 1. The van der Waals surface area contributed by atoms with E-state index >= 15 is 0 Å². The Balaban J connectivity index is 2.48. The number of carbonyl (C=O) groups is 1. The van der Waals surface area contributed by atoms with Crippen molar-refractivity contribution in [2.75, 3.05) is 5.32 Å². The van der Waals surface area contributed by atoms with Crippen molar-refractivity contribution < 1.29 is 40.8 Å². The number of hydrogen-bond acceptors (Lipinski definition) is 5. The van der Waals surface area contributed by atoms with Crippen LogP contribution >= 0.6 is 0 Å². The Kier molecular flexibility index (Phi) is 5.40. The normalized spacial score (nSPS) is 12.9. The minimum atomic E-state index is -5.11. The smallest absolute Gasteiger partial charge is 0.416 e. The summed E-state index contributed by atoms with van der Waals surface area (Å²) in [6.45, 7) is 1.34. The first-order chi connectivity index (χ1) is 12.8. The summed E-state index contributed by atoms with van der Waals surface area (Å²) >= 11 is 0. The number of aliphatic hydroxyl groups excluding tert-OH is 1. The third-order valence-corrected chi connectivity index (χ3v) is 3.43. The van der Waals surface area contributed by atoms with Crippen LogP contribution in [-0.4, -0.2) is 16.2 Å². The summed E-state index contributed by atoms with van der Waals surface area (Å²) < 4.78 is 81.8. The Morgan fingerprint density at radius 2 is 1.68 bits per heavy atom. The number of halogens is 6. The molecular formula is C16H9F6N3O3. The minimum Gasteiger partial charge on any atom is -0.506 e. The molecule has 0 fully saturated rings. The van der Waals surface area contributed by atoms with Crippen LogP contribution in [-0.2, 0) is 17.1 Å². The molecule has 0 saturated carbocycles. The van der Waals surface area contributed by atoms with Crippen molar-refractivity contribution >= 4 is 17.4 Å². The highest BCUT2D eigenvalue weighted by molar-refractivity contribution is 6.11. The van der Waals surface area contributed by atoms with Gasteiger partial charge in [0.2, 0.25) is 0 Å². The molecule has 0 saturated heterocycles. The average Bonchev–Trinajstić information content (AvgIpc) is 2.99. The number of nitrogens with zero attached hydrogens (tertiary/aromatic N) is 2. The maximum Gasteiger partial charge on any atom is 0.416 e. The highest BCUT2D eigenvalue weighted by Crippen LogP contribution is 2.37. The van der Waals surface area contributed by atoms with Crippen LogP contribution in [0.25, 0.3) is 5.76 Å². The van der Waals surface area contributed by atoms with E-state index in [-0.39, 0.29) is 29.5 Å². The lowest BCUT2D eigenvalue weighted by Crippen LogP contribution is -2.17. The SMILES string of the molecule is Cc1oncc1C(O)=C(C#N)C(=O)Nc1cc(C(F)(F)F)cc(C(F)(F)F)c1. The van der Waals surface area contributed by atoms with Gasteiger partial charge in [0.05, 0.1) is 22.9 Å². The van der Waals surface area contributed by atoms with E-state index in [9.17, 15) is 36.2 Å². The fraction of sp³-hybridized carbons (Fsp3) is 0.188. The molecule has 0 unspecified atom stereocenters. The third-order valence-electron chi connectivity index (χ3n) is 3.43. The van der Waals surface area contributed by atoms with Crippen molar-refractivity contribution in [2.45, 2.75) is 19.3 Å². The molecule has 2 N–H and O–H groups in total. The van der Waals surface area contributed by atoms with Crippen molar-refractivity contribution in [2.24, 2.45) is 0 Å². The second-order valence-corrected chi connectivity index (χ2v) is 5.38. The van der Waals surface area contributed by atoms with Gasteiger partial charge in [-0.05, 0) is 25.1 Å². The number of rotatable bonds is 3. The van der Waals surface area contributed by atoms with Gasteiger partial charge in [-0.2, -0.15) is 31.6 Å². The van der Waals surface area contributed by atoms with Crippen molar-refractivity contribution in [1.82, 2.24) is 5.16 Å². The molecule has 28 heavy (non-hydrogen) atoms. The van der Waals surface area contributed by atoms with E-state index < -0.39 is 46.4 Å². The van der Waals surface area contributed by atoms with Crippen molar-refractivity contribution in [3.8, 4) is 6.07 Å². The van der Waals surface area contributed by atoms with Gasteiger partial charge in [-0.15, -0.1) is 0 Å². The van der Waals surface area contributed by atoms with Gasteiger partial charge in [0.1, 0.15) is 11.8 Å². The van der Waals surface area contributed by atoms with Gasteiger partial charge >= 0.3 is 12.4 Å². The molecule has 0 atom stereocenters. The molecule has 1 heterocycles. The summed E-state index contributed by atoms with van der Waals surface area (Å²) in [6.07, 6.45) is -9.26. The lowest BCUT2D eigenvalue weighted by Gasteiger charge is -2.14. The average molecular weight is 405 g/mol. The molecule has 6 nitrogen and oxygen atoms in total. The van der Waals surface area contributed by atoms with Gasteiger partial charge in [0.25, 0.3) is 5.91 Å². The number of aliphatic hydroxyl groups is 1. The molecule has 1 aromatic heterocycles. The van der Waals surface area contributed by atoms with E-state index in [0.29, 0.717) is 0 Å². The predicted octanol–water partition coefficient (Wildman–Crippen LogP) is 4.45. The van der Waals surface area contributed by atoms with E-state index in [1.807, 2.05) is 0 Å². The Morgan fingerprint density at radius 3 is 2.07 bits per heavy atom. The number of nitrogens with one attached hydrogen (secondary N) is 1. The molecule has 0 spiro atoms. The summed E-state index contributed by atoms with van der Waals surface area (Å²) in [6, 6.07) is 1.75. The van der Waals surface area contributed by atoms with E-state index in [0.717, 1.165) is 6.20 Å². The molecule has 0 aliphatic heterocycles. The van der Waals surface area contributed by atoms with E-state index in [4.69, 9.17) is 5.26 Å². The number of aryl methyl sites for hydroxylation is 1. The largest absolute Gasteiger partial charge is 0.506 e. The van der Waals surface area contributed by atoms with Gasteiger partial charge in [-0.1, -0.05) is 5.16 Å². The number of aromatic nitrogens is 1. The molecule has 0 aliphatic carbocycles. The summed E-state index contributed by atoms with van der Waals surface area (Å²) in [5.41, 5.74) is -5.28. The zero-order valence-electron chi connectivity index (χ0n) is 13.7. The highest BCUT2D eigenvalue weighted by Gasteiger charge is 2.37. The number of benzene rings is 1. The van der Waals surface area contributed by atoms with Gasteiger partial charge in [0.15, 0.2) is 11.3 Å². The monoisotopic (exact) mass is 405 g/mol. The molecule has 2 aromatic rings. The van der Waals surface area contributed by atoms with Crippen LogP contribution < -0.4 is 5.32 Å². The molecule has 2 rings (SSSR count). The van der Waals surface area contributed by atoms with Crippen LogP contribution in [0.1, 0.15) is 22.5 Å². The Hall–Kier alpha value is -3.49. The first kappa shape index (κ1) is 20.8. The molecule has 0 bridgehead atoms. The summed E-state index contributed by atoms with van der Waals surface area (Å²) in [4.78, 5) is 12.1. The molecule has 0 radical (unpaired) electrons. The molecule has 12 heteroatoms. The summed E-state index contributed by atoms with van der Waals surface area (Å²) in [5, 5.41) is 24.1. The summed E-state index contributed by atoms with van der Waals surface area (Å²) in [5.74, 6) is -2.30. The first-order valence-corrected chi connectivity index (χ1v) is 7.20. The van der Waals surface area contributed by atoms with Crippen LogP contribution in [0.15, 0.2) is 34.5 Å². The molecule has 1 amide bonds. The third kappa shape index (κ3) is 4.43.